The van der Waals surface area contributed by atoms with Crippen LogP contribution in [0.15, 0.2) is 18.2 Å². The molecule has 2 N–H and O–H groups in total. The fraction of sp³-hybridized carbons (Fsp3) is 0.471. The van der Waals surface area contributed by atoms with Gasteiger partial charge >= 0.3 is 0 Å². The highest BCUT2D eigenvalue weighted by Crippen LogP contribution is 2.29. The summed E-state index contributed by atoms with van der Waals surface area (Å²) in [6.45, 7) is 1.83. The van der Waals surface area contributed by atoms with Crippen LogP contribution >= 0.6 is 0 Å². The number of carbonyl (C=O) groups excluding carboxylic acids is 1. The maximum absolute atomic E-state index is 12.3. The Morgan fingerprint density at radius 2 is 2.29 bits per heavy atom. The molecule has 0 bridgehead atoms. The van der Waals surface area contributed by atoms with E-state index in [2.05, 4.69) is 24.1 Å². The van der Waals surface area contributed by atoms with Crippen LogP contribution in [0.4, 0.5) is 0 Å². The molecule has 4 heteroatoms. The molecule has 0 saturated heterocycles. The predicted molar refractivity (Wildman–Crippen MR) is 81.2 cm³/mol. The lowest BCUT2D eigenvalue weighted by Crippen LogP contribution is -2.40. The normalized spacial score (nSPS) is 15.4. The lowest BCUT2D eigenvalue weighted by molar-refractivity contribution is 0.0909. The van der Waals surface area contributed by atoms with Crippen LogP contribution in [0.2, 0.25) is 0 Å². The van der Waals surface area contributed by atoms with Gasteiger partial charge in [0.15, 0.2) is 0 Å². The molecule has 1 aromatic rings. The number of carbonyl (C=O) groups is 1. The summed E-state index contributed by atoms with van der Waals surface area (Å²) in [4.78, 5) is 12.3. The Morgan fingerprint density at radius 1 is 1.52 bits per heavy atom. The summed E-state index contributed by atoms with van der Waals surface area (Å²) in [5.41, 5.74) is 1.17. The number of hydrogen-bond acceptors (Lipinski definition) is 3. The predicted octanol–water partition coefficient (Wildman–Crippen LogP) is 1.96. The van der Waals surface area contributed by atoms with Crippen LogP contribution in [0.1, 0.15) is 42.1 Å². The van der Waals surface area contributed by atoms with Crippen molar-refractivity contribution in [2.24, 2.45) is 5.92 Å². The first-order chi connectivity index (χ1) is 10.2. The summed E-state index contributed by atoms with van der Waals surface area (Å²) in [6, 6.07) is 5.35. The van der Waals surface area contributed by atoms with E-state index >= 15 is 0 Å². The van der Waals surface area contributed by atoms with Crippen LogP contribution in [-0.2, 0) is 0 Å². The summed E-state index contributed by atoms with van der Waals surface area (Å²) < 4.78 is 5.21. The van der Waals surface area contributed by atoms with Crippen molar-refractivity contribution in [2.45, 2.75) is 32.2 Å². The molecule has 1 aromatic carbocycles. The minimum atomic E-state index is -0.224. The molecule has 4 nitrogen and oxygen atoms in total. The van der Waals surface area contributed by atoms with Crippen molar-refractivity contribution in [1.29, 1.82) is 0 Å². The molecule has 1 saturated carbocycles. The second-order valence-corrected chi connectivity index (χ2v) is 5.33. The van der Waals surface area contributed by atoms with Gasteiger partial charge in [0, 0.05) is 11.6 Å². The van der Waals surface area contributed by atoms with E-state index in [1.165, 1.54) is 19.3 Å². The third kappa shape index (κ3) is 3.77. The van der Waals surface area contributed by atoms with Gasteiger partial charge in [-0.1, -0.05) is 18.3 Å². The number of aliphatic hydroxyl groups excluding tert-OH is 1. The SMILES string of the molecule is COc1ccc(C(=O)NC(C)C2CCC2)cc1C#CCO. The average Bonchev–Trinajstić information content (AvgIpc) is 2.42. The number of hydrogen-bond donors (Lipinski definition) is 2. The first-order valence-electron chi connectivity index (χ1n) is 7.24. The van der Waals surface area contributed by atoms with E-state index in [0.29, 0.717) is 22.8 Å². The smallest absolute Gasteiger partial charge is 0.251 e. The fourth-order valence-corrected chi connectivity index (χ4v) is 2.43. The zero-order chi connectivity index (χ0) is 15.2. The summed E-state index contributed by atoms with van der Waals surface area (Å²) in [5, 5.41) is 11.8. The van der Waals surface area contributed by atoms with E-state index in [-0.39, 0.29) is 18.6 Å². The summed E-state index contributed by atoms with van der Waals surface area (Å²) in [6.07, 6.45) is 3.64. The average molecular weight is 287 g/mol. The van der Waals surface area contributed by atoms with Crippen LogP contribution in [0.25, 0.3) is 0 Å². The molecule has 0 aliphatic heterocycles. The minimum absolute atomic E-state index is 0.0934. The van der Waals surface area contributed by atoms with Crippen LogP contribution in [0, 0.1) is 17.8 Å². The topological polar surface area (TPSA) is 58.6 Å². The zero-order valence-electron chi connectivity index (χ0n) is 12.5. The van der Waals surface area contributed by atoms with Gasteiger partial charge in [0.05, 0.1) is 12.7 Å². The van der Waals surface area contributed by atoms with Crippen LogP contribution in [-0.4, -0.2) is 30.8 Å². The molecule has 1 amide bonds. The number of aliphatic hydroxyl groups is 1. The van der Waals surface area contributed by atoms with Gasteiger partial charge in [-0.3, -0.25) is 4.79 Å². The highest BCUT2D eigenvalue weighted by Gasteiger charge is 2.25. The summed E-state index contributed by atoms with van der Waals surface area (Å²) >= 11 is 0. The maximum atomic E-state index is 12.3. The second kappa shape index (κ2) is 7.14. The number of methoxy groups -OCH3 is 1. The third-order valence-electron chi connectivity index (χ3n) is 3.98. The summed E-state index contributed by atoms with van der Waals surface area (Å²) in [7, 11) is 1.55. The second-order valence-electron chi connectivity index (χ2n) is 5.33. The van der Waals surface area contributed by atoms with Crippen LogP contribution < -0.4 is 10.1 Å². The number of rotatable bonds is 4. The molecule has 1 atom stereocenters. The standard InChI is InChI=1S/C17H21NO3/c1-12(13-5-3-6-13)18-17(20)15-8-9-16(21-2)14(11-15)7-4-10-19/h8-9,11-13,19H,3,5-6,10H2,1-2H3,(H,18,20). The van der Waals surface area contributed by atoms with E-state index in [4.69, 9.17) is 9.84 Å². The number of benzene rings is 1. The zero-order valence-corrected chi connectivity index (χ0v) is 12.5. The van der Waals surface area contributed by atoms with Gasteiger partial charge in [0.2, 0.25) is 0 Å². The Balaban J connectivity index is 2.13. The highest BCUT2D eigenvalue weighted by atomic mass is 16.5. The molecular formula is C17H21NO3. The molecule has 1 unspecified atom stereocenters. The molecule has 0 aromatic heterocycles. The number of amides is 1. The largest absolute Gasteiger partial charge is 0.495 e. The van der Waals surface area contributed by atoms with E-state index in [1.54, 1.807) is 25.3 Å². The first-order valence-corrected chi connectivity index (χ1v) is 7.24. The Morgan fingerprint density at radius 3 is 2.86 bits per heavy atom. The fourth-order valence-electron chi connectivity index (χ4n) is 2.43. The molecule has 0 spiro atoms. The van der Waals surface area contributed by atoms with E-state index < -0.39 is 0 Å². The summed E-state index contributed by atoms with van der Waals surface area (Å²) in [5.74, 6) is 6.48. The lowest BCUT2D eigenvalue weighted by atomic mass is 9.80. The van der Waals surface area contributed by atoms with Crippen molar-refractivity contribution in [3.63, 3.8) is 0 Å². The first kappa shape index (κ1) is 15.4. The van der Waals surface area contributed by atoms with Crippen molar-refractivity contribution in [2.75, 3.05) is 13.7 Å². The molecule has 0 heterocycles. The Bertz CT molecular complexity index is 567. The Hall–Kier alpha value is -1.99. The van der Waals surface area contributed by atoms with Crippen molar-refractivity contribution in [3.05, 3.63) is 29.3 Å². The molecule has 1 fully saturated rings. The van der Waals surface area contributed by atoms with Crippen molar-refractivity contribution >= 4 is 5.91 Å². The third-order valence-corrected chi connectivity index (χ3v) is 3.98. The maximum Gasteiger partial charge on any atom is 0.251 e. The van der Waals surface area contributed by atoms with Crippen molar-refractivity contribution in [3.8, 4) is 17.6 Å². The van der Waals surface area contributed by atoms with Gasteiger partial charge in [-0.05, 0) is 43.9 Å². The van der Waals surface area contributed by atoms with Gasteiger partial charge in [0.25, 0.3) is 5.91 Å². The monoisotopic (exact) mass is 287 g/mol. The van der Waals surface area contributed by atoms with Crippen LogP contribution in [0.5, 0.6) is 5.75 Å². The van der Waals surface area contributed by atoms with Gasteiger partial charge < -0.3 is 15.2 Å². The molecule has 21 heavy (non-hydrogen) atoms. The number of nitrogens with one attached hydrogen (secondary N) is 1. The molecule has 112 valence electrons. The quantitative estimate of drug-likeness (QED) is 0.832. The van der Waals surface area contributed by atoms with E-state index in [9.17, 15) is 4.79 Å². The number of ether oxygens (including phenoxy) is 1. The molecule has 0 radical (unpaired) electrons. The van der Waals surface area contributed by atoms with Gasteiger partial charge in [-0.25, -0.2) is 0 Å². The molecule has 2 rings (SSSR count). The van der Waals surface area contributed by atoms with E-state index in [1.807, 2.05) is 0 Å². The molecule has 1 aliphatic rings. The minimum Gasteiger partial charge on any atom is -0.495 e. The van der Waals surface area contributed by atoms with Gasteiger partial charge in [0.1, 0.15) is 12.4 Å². The Labute approximate surface area is 125 Å². The lowest BCUT2D eigenvalue weighted by Gasteiger charge is -2.31. The molecular weight excluding hydrogens is 266 g/mol. The molecule has 1 aliphatic carbocycles. The van der Waals surface area contributed by atoms with Gasteiger partial charge in [-0.15, -0.1) is 0 Å². The highest BCUT2D eigenvalue weighted by molar-refractivity contribution is 5.95. The van der Waals surface area contributed by atoms with Crippen molar-refractivity contribution in [1.82, 2.24) is 5.32 Å². The van der Waals surface area contributed by atoms with Crippen LogP contribution in [0.3, 0.4) is 0 Å². The Kier molecular flexibility index (Phi) is 5.24. The van der Waals surface area contributed by atoms with E-state index in [0.717, 1.165) is 0 Å². The van der Waals surface area contributed by atoms with Gasteiger partial charge in [-0.2, -0.15) is 0 Å². The van der Waals surface area contributed by atoms with Crippen molar-refractivity contribution < 1.29 is 14.6 Å².